The van der Waals surface area contributed by atoms with E-state index in [1.807, 2.05) is 0 Å². The molecule has 0 aliphatic rings. The van der Waals surface area contributed by atoms with Crippen LogP contribution in [0.15, 0.2) is 18.5 Å². The predicted octanol–water partition coefficient (Wildman–Crippen LogP) is 1.21. The number of H-pyrrole nitrogens is 1. The Morgan fingerprint density at radius 2 is 2.21 bits per heavy atom. The fourth-order valence-electron chi connectivity index (χ4n) is 1.03. The number of aromatic nitrogens is 1. The Hall–Kier alpha value is -1.78. The molecule has 5 heteroatoms. The summed E-state index contributed by atoms with van der Waals surface area (Å²) in [6.07, 6.45) is 3.99. The molecule has 1 rings (SSSR count). The van der Waals surface area contributed by atoms with Crippen LogP contribution in [0.4, 0.5) is 5.69 Å². The van der Waals surface area contributed by atoms with Crippen LogP contribution in [0.5, 0.6) is 0 Å². The van der Waals surface area contributed by atoms with Crippen molar-refractivity contribution in [3.05, 3.63) is 18.5 Å². The number of hydrogen-bond acceptors (Lipinski definition) is 2. The molecule has 0 fully saturated rings. The fraction of sp³-hybridized carbons (Fsp3) is 0.333. The van der Waals surface area contributed by atoms with E-state index in [4.69, 9.17) is 5.11 Å². The van der Waals surface area contributed by atoms with Crippen molar-refractivity contribution >= 4 is 17.6 Å². The molecule has 0 aliphatic carbocycles. The number of carboxylic acids is 1. The maximum absolute atomic E-state index is 11.2. The highest BCUT2D eigenvalue weighted by atomic mass is 16.4. The average Bonchev–Trinajstić information content (AvgIpc) is 2.56. The third kappa shape index (κ3) is 3.75. The number of carbonyl (C=O) groups is 2. The summed E-state index contributed by atoms with van der Waals surface area (Å²) in [7, 11) is 0. The summed E-state index contributed by atoms with van der Waals surface area (Å²) >= 11 is 0. The average molecular weight is 196 g/mol. The lowest BCUT2D eigenvalue weighted by molar-refractivity contribution is -0.137. The number of hydrogen-bond donors (Lipinski definition) is 3. The van der Waals surface area contributed by atoms with Crippen molar-refractivity contribution < 1.29 is 14.7 Å². The molecule has 0 aromatic carbocycles. The summed E-state index contributed by atoms with van der Waals surface area (Å²) in [6.45, 7) is 0. The second-order valence-corrected chi connectivity index (χ2v) is 2.90. The van der Waals surface area contributed by atoms with Gasteiger partial charge in [0.15, 0.2) is 0 Å². The summed E-state index contributed by atoms with van der Waals surface area (Å²) in [4.78, 5) is 24.1. The van der Waals surface area contributed by atoms with Crippen LogP contribution < -0.4 is 5.32 Å². The predicted molar refractivity (Wildman–Crippen MR) is 50.9 cm³/mol. The lowest BCUT2D eigenvalue weighted by Crippen LogP contribution is -2.11. The first-order valence-corrected chi connectivity index (χ1v) is 4.33. The molecule has 3 N–H and O–H groups in total. The van der Waals surface area contributed by atoms with Gasteiger partial charge in [-0.25, -0.2) is 0 Å². The van der Waals surface area contributed by atoms with Crippen LogP contribution in [0.1, 0.15) is 19.3 Å². The maximum atomic E-state index is 11.2. The third-order valence-electron chi connectivity index (χ3n) is 1.68. The van der Waals surface area contributed by atoms with Gasteiger partial charge in [0.1, 0.15) is 0 Å². The van der Waals surface area contributed by atoms with E-state index in [9.17, 15) is 9.59 Å². The molecule has 0 radical (unpaired) electrons. The Kier molecular flexibility index (Phi) is 3.72. The molecule has 0 spiro atoms. The summed E-state index contributed by atoms with van der Waals surface area (Å²) < 4.78 is 0. The molecule has 0 saturated carbocycles. The number of nitrogens with one attached hydrogen (secondary N) is 2. The molecule has 0 aliphatic heterocycles. The van der Waals surface area contributed by atoms with Gasteiger partial charge in [-0.05, 0) is 12.5 Å². The van der Waals surface area contributed by atoms with Crippen molar-refractivity contribution in [1.29, 1.82) is 0 Å². The second kappa shape index (κ2) is 5.06. The van der Waals surface area contributed by atoms with Crippen molar-refractivity contribution in [2.24, 2.45) is 0 Å². The monoisotopic (exact) mass is 196 g/mol. The van der Waals surface area contributed by atoms with Crippen LogP contribution in [0.2, 0.25) is 0 Å². The van der Waals surface area contributed by atoms with E-state index in [0.717, 1.165) is 0 Å². The van der Waals surface area contributed by atoms with Gasteiger partial charge in [0.2, 0.25) is 5.91 Å². The SMILES string of the molecule is O=C(O)CCCC(=O)Nc1cc[nH]c1. The van der Waals surface area contributed by atoms with Crippen LogP contribution in [-0.2, 0) is 9.59 Å². The van der Waals surface area contributed by atoms with Gasteiger partial charge in [-0.3, -0.25) is 9.59 Å². The first-order valence-electron chi connectivity index (χ1n) is 4.33. The zero-order valence-corrected chi connectivity index (χ0v) is 7.62. The number of aliphatic carboxylic acids is 1. The van der Waals surface area contributed by atoms with Crippen LogP contribution in [0.3, 0.4) is 0 Å². The number of anilines is 1. The highest BCUT2D eigenvalue weighted by Gasteiger charge is 2.04. The molecule has 1 aromatic rings. The Morgan fingerprint density at radius 3 is 2.79 bits per heavy atom. The van der Waals surface area contributed by atoms with Gasteiger partial charge in [-0.2, -0.15) is 0 Å². The van der Waals surface area contributed by atoms with Crippen molar-refractivity contribution in [3.63, 3.8) is 0 Å². The Bertz CT molecular complexity index is 306. The number of aromatic amines is 1. The highest BCUT2D eigenvalue weighted by molar-refractivity contribution is 5.90. The molecule has 0 unspecified atom stereocenters. The molecule has 1 heterocycles. The summed E-state index contributed by atoms with van der Waals surface area (Å²) in [6, 6.07) is 1.73. The Balaban J connectivity index is 2.20. The van der Waals surface area contributed by atoms with Crippen molar-refractivity contribution in [3.8, 4) is 0 Å². The Morgan fingerprint density at radius 1 is 1.43 bits per heavy atom. The summed E-state index contributed by atoms with van der Waals surface area (Å²) in [5.74, 6) is -1.04. The van der Waals surface area contributed by atoms with Crippen LogP contribution in [-0.4, -0.2) is 22.0 Å². The molecule has 0 saturated heterocycles. The van der Waals surface area contributed by atoms with E-state index in [1.165, 1.54) is 0 Å². The topological polar surface area (TPSA) is 82.2 Å². The van der Waals surface area contributed by atoms with E-state index < -0.39 is 5.97 Å². The van der Waals surface area contributed by atoms with Crippen LogP contribution in [0, 0.1) is 0 Å². The highest BCUT2D eigenvalue weighted by Crippen LogP contribution is 2.05. The van der Waals surface area contributed by atoms with Gasteiger partial charge >= 0.3 is 5.97 Å². The van der Waals surface area contributed by atoms with Crippen molar-refractivity contribution in [1.82, 2.24) is 4.98 Å². The van der Waals surface area contributed by atoms with E-state index in [2.05, 4.69) is 10.3 Å². The zero-order chi connectivity index (χ0) is 10.4. The van der Waals surface area contributed by atoms with Crippen molar-refractivity contribution in [2.45, 2.75) is 19.3 Å². The molecule has 1 aromatic heterocycles. The largest absolute Gasteiger partial charge is 0.481 e. The van der Waals surface area contributed by atoms with Gasteiger partial charge < -0.3 is 15.4 Å². The lowest BCUT2D eigenvalue weighted by Gasteiger charge is -2.00. The smallest absolute Gasteiger partial charge is 0.303 e. The molecular formula is C9H12N2O3. The minimum Gasteiger partial charge on any atom is -0.481 e. The quantitative estimate of drug-likeness (QED) is 0.661. The van der Waals surface area contributed by atoms with Gasteiger partial charge in [0.25, 0.3) is 0 Å². The van der Waals surface area contributed by atoms with Gasteiger partial charge in [-0.15, -0.1) is 0 Å². The zero-order valence-electron chi connectivity index (χ0n) is 7.62. The lowest BCUT2D eigenvalue weighted by atomic mass is 10.2. The minimum absolute atomic E-state index is 0.0283. The fourth-order valence-corrected chi connectivity index (χ4v) is 1.03. The maximum Gasteiger partial charge on any atom is 0.303 e. The Labute approximate surface area is 81.1 Å². The first-order chi connectivity index (χ1) is 6.68. The van der Waals surface area contributed by atoms with Gasteiger partial charge in [-0.1, -0.05) is 0 Å². The standard InChI is InChI=1S/C9H12N2O3/c12-8(2-1-3-9(13)14)11-7-4-5-10-6-7/h4-6,10H,1-3H2,(H,11,12)(H,13,14). The first kappa shape index (κ1) is 10.3. The summed E-state index contributed by atoms with van der Waals surface area (Å²) in [5.41, 5.74) is 0.699. The molecule has 76 valence electrons. The molecule has 0 bridgehead atoms. The molecule has 14 heavy (non-hydrogen) atoms. The van der Waals surface area contributed by atoms with E-state index in [0.29, 0.717) is 12.1 Å². The molecule has 0 atom stereocenters. The number of amides is 1. The van der Waals surface area contributed by atoms with Crippen molar-refractivity contribution in [2.75, 3.05) is 5.32 Å². The second-order valence-electron chi connectivity index (χ2n) is 2.90. The number of rotatable bonds is 5. The van der Waals surface area contributed by atoms with Gasteiger partial charge in [0, 0.05) is 25.2 Å². The number of carbonyl (C=O) groups excluding carboxylic acids is 1. The minimum atomic E-state index is -0.876. The van der Waals surface area contributed by atoms with Crippen LogP contribution >= 0.6 is 0 Å². The van der Waals surface area contributed by atoms with Gasteiger partial charge in [0.05, 0.1) is 5.69 Å². The molecule has 1 amide bonds. The van der Waals surface area contributed by atoms with E-state index in [1.54, 1.807) is 18.5 Å². The van der Waals surface area contributed by atoms with E-state index >= 15 is 0 Å². The normalized spacial score (nSPS) is 9.71. The van der Waals surface area contributed by atoms with Crippen LogP contribution in [0.25, 0.3) is 0 Å². The summed E-state index contributed by atoms with van der Waals surface area (Å²) in [5, 5.41) is 11.0. The molecule has 5 nitrogen and oxygen atoms in total. The van der Waals surface area contributed by atoms with E-state index in [-0.39, 0.29) is 18.7 Å². The molecular weight excluding hydrogens is 184 g/mol. The number of carboxylic acid groups (broad SMARTS) is 1. The third-order valence-corrected chi connectivity index (χ3v) is 1.68.